The molecule has 2 aromatic rings. The van der Waals surface area contributed by atoms with E-state index in [1.165, 1.54) is 5.56 Å². The summed E-state index contributed by atoms with van der Waals surface area (Å²) < 4.78 is 5.60. The van der Waals surface area contributed by atoms with Crippen molar-refractivity contribution >= 4 is 0 Å². The molecule has 0 N–H and O–H groups in total. The zero-order valence-electron chi connectivity index (χ0n) is 9.55. The van der Waals surface area contributed by atoms with Gasteiger partial charge in [0.05, 0.1) is 0 Å². The maximum atomic E-state index is 8.74. The lowest BCUT2D eigenvalue weighted by Crippen LogP contribution is -1.90. The number of aromatic nitrogens is 1. The Morgan fingerprint density at radius 2 is 2.06 bits per heavy atom. The molecule has 17 heavy (non-hydrogen) atoms. The molecule has 1 aromatic carbocycles. The van der Waals surface area contributed by atoms with E-state index in [4.69, 9.17) is 10.00 Å². The SMILES string of the molecule is CCc1cccc(Oc2cccc(C#N)n2)c1. The van der Waals surface area contributed by atoms with Gasteiger partial charge in [-0.2, -0.15) is 5.26 Å². The molecular formula is C14H12N2O. The number of benzene rings is 1. The van der Waals surface area contributed by atoms with E-state index in [0.717, 1.165) is 12.2 Å². The third-order valence-corrected chi connectivity index (χ3v) is 2.37. The van der Waals surface area contributed by atoms with Crippen LogP contribution in [0.15, 0.2) is 42.5 Å². The molecule has 84 valence electrons. The first kappa shape index (κ1) is 11.2. The van der Waals surface area contributed by atoms with Crippen molar-refractivity contribution < 1.29 is 4.74 Å². The second-order valence-corrected chi connectivity index (χ2v) is 3.58. The molecule has 0 fully saturated rings. The van der Waals surface area contributed by atoms with Crippen molar-refractivity contribution in [1.29, 1.82) is 5.26 Å². The molecule has 0 saturated heterocycles. The van der Waals surface area contributed by atoms with Crippen molar-refractivity contribution in [3.05, 3.63) is 53.7 Å². The number of nitrogens with zero attached hydrogens (tertiary/aromatic N) is 2. The summed E-state index contributed by atoms with van der Waals surface area (Å²) in [7, 11) is 0. The van der Waals surface area contributed by atoms with Gasteiger partial charge < -0.3 is 4.74 Å². The van der Waals surface area contributed by atoms with Crippen LogP contribution in [0.5, 0.6) is 11.6 Å². The average Bonchev–Trinajstić information content (AvgIpc) is 2.39. The van der Waals surface area contributed by atoms with E-state index in [1.807, 2.05) is 30.3 Å². The number of rotatable bonds is 3. The first-order chi connectivity index (χ1) is 8.31. The van der Waals surface area contributed by atoms with Gasteiger partial charge in [-0.15, -0.1) is 0 Å². The number of nitriles is 1. The minimum atomic E-state index is 0.356. The van der Waals surface area contributed by atoms with Gasteiger partial charge in [0, 0.05) is 6.07 Å². The molecule has 0 aliphatic carbocycles. The van der Waals surface area contributed by atoms with Crippen molar-refractivity contribution in [3.8, 4) is 17.7 Å². The van der Waals surface area contributed by atoms with Crippen LogP contribution in [0.2, 0.25) is 0 Å². The predicted molar refractivity (Wildman–Crippen MR) is 64.8 cm³/mol. The number of hydrogen-bond acceptors (Lipinski definition) is 3. The second kappa shape index (κ2) is 5.13. The molecule has 0 spiro atoms. The average molecular weight is 224 g/mol. The maximum Gasteiger partial charge on any atom is 0.220 e. The molecule has 3 heteroatoms. The standard InChI is InChI=1S/C14H12N2O/c1-2-11-5-3-7-13(9-11)17-14-8-4-6-12(10-15)16-14/h3-9H,2H2,1H3. The number of aryl methyl sites for hydroxylation is 1. The van der Waals surface area contributed by atoms with Crippen LogP contribution in [-0.4, -0.2) is 4.98 Å². The predicted octanol–water partition coefficient (Wildman–Crippen LogP) is 3.31. The van der Waals surface area contributed by atoms with Crippen molar-refractivity contribution in [1.82, 2.24) is 4.98 Å². The van der Waals surface area contributed by atoms with Gasteiger partial charge in [0.1, 0.15) is 17.5 Å². The smallest absolute Gasteiger partial charge is 0.220 e. The van der Waals surface area contributed by atoms with E-state index < -0.39 is 0 Å². The summed E-state index contributed by atoms with van der Waals surface area (Å²) in [5.41, 5.74) is 1.56. The molecule has 1 aromatic heterocycles. The highest BCUT2D eigenvalue weighted by molar-refractivity contribution is 5.33. The maximum absolute atomic E-state index is 8.74. The minimum absolute atomic E-state index is 0.356. The van der Waals surface area contributed by atoms with Crippen molar-refractivity contribution in [2.45, 2.75) is 13.3 Å². The lowest BCUT2D eigenvalue weighted by atomic mass is 10.2. The van der Waals surface area contributed by atoms with E-state index >= 15 is 0 Å². The fourth-order valence-electron chi connectivity index (χ4n) is 1.48. The van der Waals surface area contributed by atoms with Crippen LogP contribution in [0.1, 0.15) is 18.2 Å². The molecule has 0 radical (unpaired) electrons. The Balaban J connectivity index is 2.22. The number of hydrogen-bond donors (Lipinski definition) is 0. The summed E-state index contributed by atoms with van der Waals surface area (Å²) in [6, 6.07) is 15.0. The summed E-state index contributed by atoms with van der Waals surface area (Å²) in [5, 5.41) is 8.74. The van der Waals surface area contributed by atoms with Gasteiger partial charge in [0.2, 0.25) is 5.88 Å². The van der Waals surface area contributed by atoms with Gasteiger partial charge in [-0.05, 0) is 30.2 Å². The second-order valence-electron chi connectivity index (χ2n) is 3.58. The summed E-state index contributed by atoms with van der Waals surface area (Å²) in [6.07, 6.45) is 0.961. The molecule has 0 amide bonds. The molecule has 2 rings (SSSR count). The monoisotopic (exact) mass is 224 g/mol. The van der Waals surface area contributed by atoms with E-state index in [1.54, 1.807) is 18.2 Å². The third kappa shape index (κ3) is 2.82. The Hall–Kier alpha value is -2.34. The molecule has 1 heterocycles. The van der Waals surface area contributed by atoms with Crippen LogP contribution in [0.4, 0.5) is 0 Å². The van der Waals surface area contributed by atoms with E-state index in [0.29, 0.717) is 11.6 Å². The lowest BCUT2D eigenvalue weighted by Gasteiger charge is -2.05. The molecular weight excluding hydrogens is 212 g/mol. The summed E-state index contributed by atoms with van der Waals surface area (Å²) in [4.78, 5) is 4.06. The van der Waals surface area contributed by atoms with Crippen LogP contribution < -0.4 is 4.74 Å². The first-order valence-electron chi connectivity index (χ1n) is 5.46. The van der Waals surface area contributed by atoms with Gasteiger partial charge in [-0.3, -0.25) is 0 Å². The Morgan fingerprint density at radius 1 is 1.24 bits per heavy atom. The van der Waals surface area contributed by atoms with E-state index in [2.05, 4.69) is 11.9 Å². The van der Waals surface area contributed by atoms with E-state index in [9.17, 15) is 0 Å². The number of pyridine rings is 1. The van der Waals surface area contributed by atoms with Gasteiger partial charge in [-0.25, -0.2) is 4.98 Å². The summed E-state index contributed by atoms with van der Waals surface area (Å²) >= 11 is 0. The fraction of sp³-hybridized carbons (Fsp3) is 0.143. The largest absolute Gasteiger partial charge is 0.439 e. The molecule has 0 aliphatic heterocycles. The van der Waals surface area contributed by atoms with Crippen LogP contribution in [0.25, 0.3) is 0 Å². The molecule has 0 aliphatic rings. The summed E-state index contributed by atoms with van der Waals surface area (Å²) in [5.74, 6) is 1.18. The normalized spacial score (nSPS) is 9.65. The van der Waals surface area contributed by atoms with Crippen molar-refractivity contribution in [2.75, 3.05) is 0 Å². The van der Waals surface area contributed by atoms with Crippen LogP contribution >= 0.6 is 0 Å². The van der Waals surface area contributed by atoms with Gasteiger partial charge >= 0.3 is 0 Å². The Labute approximate surface area is 100 Å². The zero-order valence-corrected chi connectivity index (χ0v) is 9.55. The molecule has 0 atom stereocenters. The van der Waals surface area contributed by atoms with Crippen molar-refractivity contribution in [2.24, 2.45) is 0 Å². The molecule has 3 nitrogen and oxygen atoms in total. The topological polar surface area (TPSA) is 45.9 Å². The Kier molecular flexibility index (Phi) is 3.37. The van der Waals surface area contributed by atoms with Gasteiger partial charge in [0.15, 0.2) is 0 Å². The van der Waals surface area contributed by atoms with Crippen LogP contribution in [0, 0.1) is 11.3 Å². The highest BCUT2D eigenvalue weighted by Crippen LogP contribution is 2.20. The Bertz CT molecular complexity index is 558. The fourth-order valence-corrected chi connectivity index (χ4v) is 1.48. The molecule has 0 saturated carbocycles. The zero-order chi connectivity index (χ0) is 12.1. The lowest BCUT2D eigenvalue weighted by molar-refractivity contribution is 0.462. The minimum Gasteiger partial charge on any atom is -0.439 e. The van der Waals surface area contributed by atoms with Crippen LogP contribution in [-0.2, 0) is 6.42 Å². The van der Waals surface area contributed by atoms with Crippen LogP contribution in [0.3, 0.4) is 0 Å². The first-order valence-corrected chi connectivity index (χ1v) is 5.46. The quantitative estimate of drug-likeness (QED) is 0.803. The summed E-state index contributed by atoms with van der Waals surface area (Å²) in [6.45, 7) is 2.09. The van der Waals surface area contributed by atoms with Crippen molar-refractivity contribution in [3.63, 3.8) is 0 Å². The van der Waals surface area contributed by atoms with Gasteiger partial charge in [-0.1, -0.05) is 25.1 Å². The molecule has 0 unspecified atom stereocenters. The molecule has 0 bridgehead atoms. The third-order valence-electron chi connectivity index (χ3n) is 2.37. The Morgan fingerprint density at radius 3 is 2.82 bits per heavy atom. The van der Waals surface area contributed by atoms with Gasteiger partial charge in [0.25, 0.3) is 0 Å². The van der Waals surface area contributed by atoms with E-state index in [-0.39, 0.29) is 0 Å². The number of ether oxygens (including phenoxy) is 1. The highest BCUT2D eigenvalue weighted by atomic mass is 16.5. The highest BCUT2D eigenvalue weighted by Gasteiger charge is 2.00.